The molecule has 0 amide bonds. The van der Waals surface area contributed by atoms with E-state index in [9.17, 15) is 17.4 Å². The van der Waals surface area contributed by atoms with Crippen LogP contribution in [0.4, 0.5) is 18.9 Å². The fraction of sp³-hybridized carbons (Fsp3) is 0.462. The molecule has 2 unspecified atom stereocenters. The molecule has 0 aliphatic carbocycles. The van der Waals surface area contributed by atoms with Gasteiger partial charge in [-0.2, -0.15) is 18.4 Å². The Morgan fingerprint density at radius 3 is 2.60 bits per heavy atom. The summed E-state index contributed by atoms with van der Waals surface area (Å²) in [6, 6.07) is 4.89. The van der Waals surface area contributed by atoms with Gasteiger partial charge in [-0.25, -0.2) is 0 Å². The van der Waals surface area contributed by atoms with E-state index < -0.39 is 28.1 Å². The number of nitrogens with zero attached hydrogens (tertiary/aromatic N) is 1. The second-order valence-electron chi connectivity index (χ2n) is 4.48. The van der Waals surface area contributed by atoms with Crippen molar-refractivity contribution in [1.82, 2.24) is 0 Å². The molecule has 20 heavy (non-hydrogen) atoms. The van der Waals surface area contributed by atoms with Gasteiger partial charge in [0.1, 0.15) is 0 Å². The number of anilines is 1. The van der Waals surface area contributed by atoms with Gasteiger partial charge in [0.2, 0.25) is 0 Å². The first-order valence-corrected chi connectivity index (χ1v) is 7.64. The largest absolute Gasteiger partial charge is 0.417 e. The lowest BCUT2D eigenvalue weighted by Gasteiger charge is -2.16. The maximum Gasteiger partial charge on any atom is 0.417 e. The highest BCUT2D eigenvalue weighted by Crippen LogP contribution is 2.33. The second kappa shape index (κ2) is 6.75. The highest BCUT2D eigenvalue weighted by molar-refractivity contribution is 7.84. The molecule has 0 saturated carbocycles. The van der Waals surface area contributed by atoms with E-state index in [0.29, 0.717) is 17.9 Å². The molecule has 0 heterocycles. The summed E-state index contributed by atoms with van der Waals surface area (Å²) >= 11 is 0. The van der Waals surface area contributed by atoms with Crippen LogP contribution in [-0.4, -0.2) is 22.3 Å². The molecule has 1 aromatic carbocycles. The number of nitriles is 1. The first-order valence-electron chi connectivity index (χ1n) is 5.92. The minimum Gasteiger partial charge on any atom is -0.383 e. The smallest absolute Gasteiger partial charge is 0.383 e. The Balaban J connectivity index is 2.84. The van der Waals surface area contributed by atoms with Crippen molar-refractivity contribution in [2.45, 2.75) is 25.6 Å². The molecule has 0 spiro atoms. The predicted octanol–water partition coefficient (Wildman–Crippen LogP) is 3.15. The van der Waals surface area contributed by atoms with Gasteiger partial charge in [0.25, 0.3) is 0 Å². The fourth-order valence-corrected chi connectivity index (χ4v) is 2.36. The molecule has 1 rings (SSSR count). The first kappa shape index (κ1) is 16.5. The predicted molar refractivity (Wildman–Crippen MR) is 72.8 cm³/mol. The number of nitrogens with one attached hydrogen (secondary N) is 1. The monoisotopic (exact) mass is 304 g/mol. The van der Waals surface area contributed by atoms with Crippen LogP contribution >= 0.6 is 0 Å². The zero-order valence-corrected chi connectivity index (χ0v) is 11.9. The molecule has 0 fully saturated rings. The lowest BCUT2D eigenvalue weighted by atomic mass is 10.1. The van der Waals surface area contributed by atoms with Crippen LogP contribution in [0.5, 0.6) is 0 Å². The number of alkyl halides is 3. The van der Waals surface area contributed by atoms with Gasteiger partial charge in [-0.05, 0) is 31.5 Å². The normalized spacial score (nSPS) is 14.4. The van der Waals surface area contributed by atoms with Gasteiger partial charge in [-0.3, -0.25) is 4.21 Å². The summed E-state index contributed by atoms with van der Waals surface area (Å²) in [6.45, 7) is 1.84. The molecule has 0 bridgehead atoms. The second-order valence-corrected chi connectivity index (χ2v) is 6.04. The van der Waals surface area contributed by atoms with Crippen molar-refractivity contribution in [3.05, 3.63) is 29.3 Å². The molecule has 0 aliphatic heterocycles. The summed E-state index contributed by atoms with van der Waals surface area (Å²) in [5.74, 6) is 0.514. The van der Waals surface area contributed by atoms with E-state index >= 15 is 0 Å². The summed E-state index contributed by atoms with van der Waals surface area (Å²) in [5.41, 5.74) is -0.898. The molecule has 2 atom stereocenters. The molecule has 7 heteroatoms. The van der Waals surface area contributed by atoms with E-state index in [1.54, 1.807) is 12.3 Å². The third-order valence-electron chi connectivity index (χ3n) is 2.70. The van der Waals surface area contributed by atoms with Crippen molar-refractivity contribution in [2.75, 3.05) is 17.3 Å². The maximum absolute atomic E-state index is 12.6. The standard InChI is InChI=1S/C13H15F3N2OS/c1-9(5-6-20(2)19)18-11-3-4-12(13(14,15)16)10(7-11)8-17/h3-4,7,9,18H,5-6H2,1-2H3. The molecular weight excluding hydrogens is 289 g/mol. The topological polar surface area (TPSA) is 52.9 Å². The summed E-state index contributed by atoms with van der Waals surface area (Å²) in [4.78, 5) is 0. The van der Waals surface area contributed by atoms with Crippen molar-refractivity contribution in [1.29, 1.82) is 5.26 Å². The van der Waals surface area contributed by atoms with Crippen molar-refractivity contribution in [3.8, 4) is 6.07 Å². The molecule has 0 aromatic heterocycles. The highest BCUT2D eigenvalue weighted by atomic mass is 32.2. The van der Waals surface area contributed by atoms with Gasteiger partial charge < -0.3 is 5.32 Å². The lowest BCUT2D eigenvalue weighted by molar-refractivity contribution is -0.137. The number of benzene rings is 1. The van der Waals surface area contributed by atoms with E-state index in [4.69, 9.17) is 5.26 Å². The summed E-state index contributed by atoms with van der Waals surface area (Å²) in [5, 5.41) is 11.8. The Morgan fingerprint density at radius 1 is 1.45 bits per heavy atom. The van der Waals surface area contributed by atoms with E-state index in [1.807, 2.05) is 6.92 Å². The number of halogens is 3. The zero-order valence-electron chi connectivity index (χ0n) is 11.1. The van der Waals surface area contributed by atoms with Crippen molar-refractivity contribution < 1.29 is 17.4 Å². The molecule has 0 saturated heterocycles. The van der Waals surface area contributed by atoms with Crippen LogP contribution in [0, 0.1) is 11.3 Å². The SMILES string of the molecule is CC(CCS(C)=O)Nc1ccc(C(F)(F)F)c(C#N)c1. The Bertz CT molecular complexity index is 537. The van der Waals surface area contributed by atoms with Gasteiger partial charge in [0.15, 0.2) is 0 Å². The van der Waals surface area contributed by atoms with Crippen LogP contribution in [0.25, 0.3) is 0 Å². The zero-order chi connectivity index (χ0) is 15.3. The summed E-state index contributed by atoms with van der Waals surface area (Å²) in [7, 11) is -0.907. The number of hydrogen-bond donors (Lipinski definition) is 1. The van der Waals surface area contributed by atoms with Crippen LogP contribution in [0.3, 0.4) is 0 Å². The Kier molecular flexibility index (Phi) is 5.57. The third-order valence-corrected chi connectivity index (χ3v) is 3.51. The van der Waals surface area contributed by atoms with Crippen molar-refractivity contribution in [2.24, 2.45) is 0 Å². The van der Waals surface area contributed by atoms with Crippen LogP contribution in [0.1, 0.15) is 24.5 Å². The first-order chi connectivity index (χ1) is 9.24. The Labute approximate surface area is 118 Å². The van der Waals surface area contributed by atoms with Gasteiger partial charge in [-0.15, -0.1) is 0 Å². The van der Waals surface area contributed by atoms with Crippen LogP contribution in [0.15, 0.2) is 18.2 Å². The van der Waals surface area contributed by atoms with Crippen LogP contribution < -0.4 is 5.32 Å². The minimum absolute atomic E-state index is 0.0396. The van der Waals surface area contributed by atoms with Gasteiger partial charge in [0.05, 0.1) is 17.2 Å². The maximum atomic E-state index is 12.6. The van der Waals surface area contributed by atoms with Gasteiger partial charge >= 0.3 is 6.18 Å². The molecule has 1 aromatic rings. The number of hydrogen-bond acceptors (Lipinski definition) is 3. The van der Waals surface area contributed by atoms with Gasteiger partial charge in [-0.1, -0.05) is 0 Å². The fourth-order valence-electron chi connectivity index (χ4n) is 1.67. The molecule has 0 radical (unpaired) electrons. The molecular formula is C13H15F3N2OS. The third kappa shape index (κ3) is 4.85. The molecule has 1 N–H and O–H groups in total. The molecule has 0 aliphatic rings. The van der Waals surface area contributed by atoms with E-state index in [1.165, 1.54) is 12.1 Å². The quantitative estimate of drug-likeness (QED) is 0.909. The van der Waals surface area contributed by atoms with Crippen molar-refractivity contribution in [3.63, 3.8) is 0 Å². The van der Waals surface area contributed by atoms with E-state index in [-0.39, 0.29) is 6.04 Å². The highest BCUT2D eigenvalue weighted by Gasteiger charge is 2.33. The molecule has 110 valence electrons. The summed E-state index contributed by atoms with van der Waals surface area (Å²) in [6.07, 6.45) is -2.31. The number of rotatable bonds is 5. The molecule has 3 nitrogen and oxygen atoms in total. The minimum atomic E-state index is -4.53. The Morgan fingerprint density at radius 2 is 2.10 bits per heavy atom. The van der Waals surface area contributed by atoms with Crippen LogP contribution in [0.2, 0.25) is 0 Å². The van der Waals surface area contributed by atoms with E-state index in [2.05, 4.69) is 5.32 Å². The van der Waals surface area contributed by atoms with Gasteiger partial charge in [0, 0.05) is 34.5 Å². The average molecular weight is 304 g/mol. The van der Waals surface area contributed by atoms with E-state index in [0.717, 1.165) is 6.07 Å². The Hall–Kier alpha value is -1.55. The average Bonchev–Trinajstić information content (AvgIpc) is 2.34. The van der Waals surface area contributed by atoms with Crippen LogP contribution in [-0.2, 0) is 17.0 Å². The van der Waals surface area contributed by atoms with Crippen molar-refractivity contribution >= 4 is 16.5 Å². The summed E-state index contributed by atoms with van der Waals surface area (Å²) < 4.78 is 48.9. The lowest BCUT2D eigenvalue weighted by Crippen LogP contribution is -2.18.